The maximum absolute atomic E-state index is 12.0. The topological polar surface area (TPSA) is 17.1 Å². The van der Waals surface area contributed by atoms with Crippen molar-refractivity contribution in [3.8, 4) is 0 Å². The molecular formula is C14H11ClOSe. The summed E-state index contributed by atoms with van der Waals surface area (Å²) in [6.07, 6.45) is 0. The molecule has 0 unspecified atom stereocenters. The normalized spacial score (nSPS) is 10.2. The average molecular weight is 310 g/mol. The van der Waals surface area contributed by atoms with Gasteiger partial charge in [0.1, 0.15) is 0 Å². The number of halogens is 1. The van der Waals surface area contributed by atoms with Crippen LogP contribution in [0.4, 0.5) is 0 Å². The predicted octanol–water partition coefficient (Wildman–Crippen LogP) is 2.82. The summed E-state index contributed by atoms with van der Waals surface area (Å²) in [5.41, 5.74) is 1.95. The Morgan fingerprint density at radius 3 is 2.18 bits per heavy atom. The van der Waals surface area contributed by atoms with E-state index in [0.717, 1.165) is 10.0 Å². The number of aryl methyl sites for hydroxylation is 1. The molecule has 0 aromatic heterocycles. The van der Waals surface area contributed by atoms with Crippen molar-refractivity contribution in [3.05, 3.63) is 64.7 Å². The maximum atomic E-state index is 12.0. The van der Waals surface area contributed by atoms with Gasteiger partial charge in [-0.25, -0.2) is 0 Å². The second kappa shape index (κ2) is 5.50. The molecule has 2 aromatic carbocycles. The van der Waals surface area contributed by atoms with Gasteiger partial charge in [-0.15, -0.1) is 0 Å². The Labute approximate surface area is 112 Å². The molecule has 1 nitrogen and oxygen atoms in total. The third-order valence-corrected chi connectivity index (χ3v) is 4.51. The van der Waals surface area contributed by atoms with Crippen LogP contribution < -0.4 is 4.46 Å². The first kappa shape index (κ1) is 12.4. The van der Waals surface area contributed by atoms with Gasteiger partial charge in [0.2, 0.25) is 0 Å². The van der Waals surface area contributed by atoms with Crippen LogP contribution >= 0.6 is 11.6 Å². The molecule has 0 atom stereocenters. The Bertz CT molecular complexity index is 517. The number of benzene rings is 2. The molecule has 0 fully saturated rings. The van der Waals surface area contributed by atoms with Crippen molar-refractivity contribution in [1.82, 2.24) is 0 Å². The minimum absolute atomic E-state index is 0.181. The fourth-order valence-electron chi connectivity index (χ4n) is 1.36. The molecule has 0 aliphatic rings. The molecule has 2 rings (SSSR count). The van der Waals surface area contributed by atoms with E-state index in [2.05, 4.69) is 0 Å². The van der Waals surface area contributed by atoms with Crippen LogP contribution in [0.15, 0.2) is 48.5 Å². The van der Waals surface area contributed by atoms with Crippen molar-refractivity contribution in [2.24, 2.45) is 0 Å². The Morgan fingerprint density at radius 1 is 1.00 bits per heavy atom. The predicted molar refractivity (Wildman–Crippen MR) is 72.3 cm³/mol. The summed E-state index contributed by atoms with van der Waals surface area (Å²) >= 11 is 5.62. The fourth-order valence-corrected chi connectivity index (χ4v) is 3.04. The van der Waals surface area contributed by atoms with Crippen molar-refractivity contribution >= 4 is 35.7 Å². The van der Waals surface area contributed by atoms with E-state index in [9.17, 15) is 4.79 Å². The molecular weight excluding hydrogens is 299 g/mol. The van der Waals surface area contributed by atoms with Crippen molar-refractivity contribution in [3.63, 3.8) is 0 Å². The van der Waals surface area contributed by atoms with Gasteiger partial charge in [0.25, 0.3) is 0 Å². The molecule has 0 heterocycles. The quantitative estimate of drug-likeness (QED) is 0.797. The third-order valence-electron chi connectivity index (χ3n) is 2.31. The summed E-state index contributed by atoms with van der Waals surface area (Å²) in [5.74, 6) is 0. The Kier molecular flexibility index (Phi) is 4.01. The Balaban J connectivity index is 2.11. The first-order valence-electron chi connectivity index (χ1n) is 5.19. The molecule has 0 bridgehead atoms. The molecule has 0 saturated carbocycles. The number of hydrogen-bond donors (Lipinski definition) is 0. The van der Waals surface area contributed by atoms with Gasteiger partial charge in [-0.05, 0) is 0 Å². The van der Waals surface area contributed by atoms with Crippen LogP contribution in [-0.4, -0.2) is 19.6 Å². The van der Waals surface area contributed by atoms with E-state index in [1.807, 2.05) is 55.5 Å². The second-order valence-electron chi connectivity index (χ2n) is 3.71. The number of rotatable bonds is 3. The van der Waals surface area contributed by atoms with Gasteiger partial charge >= 0.3 is 112 Å². The number of carbonyl (C=O) groups excluding carboxylic acids is 1. The van der Waals surface area contributed by atoms with E-state index < -0.39 is 0 Å². The molecule has 86 valence electrons. The molecule has 2 aromatic rings. The third kappa shape index (κ3) is 3.44. The zero-order valence-corrected chi connectivity index (χ0v) is 11.8. The molecule has 0 radical (unpaired) electrons. The molecule has 3 heteroatoms. The van der Waals surface area contributed by atoms with Crippen molar-refractivity contribution in [1.29, 1.82) is 0 Å². The van der Waals surface area contributed by atoms with E-state index in [-0.39, 0.29) is 19.6 Å². The zero-order chi connectivity index (χ0) is 12.3. The summed E-state index contributed by atoms with van der Waals surface area (Å²) < 4.78 is 1.24. The molecule has 0 aliphatic carbocycles. The molecule has 0 saturated heterocycles. The summed E-state index contributed by atoms with van der Waals surface area (Å²) in [6.45, 7) is 2.01. The molecule has 0 spiro atoms. The van der Waals surface area contributed by atoms with Crippen LogP contribution in [-0.2, 0) is 0 Å². The van der Waals surface area contributed by atoms with Crippen molar-refractivity contribution < 1.29 is 4.79 Å². The van der Waals surface area contributed by atoms with E-state index in [4.69, 9.17) is 11.6 Å². The standard InChI is InChI=1S/C14H11ClOSe/c1-10-2-4-11(5-3-10)14(16)17-13-8-6-12(15)7-9-13/h2-9H,1H3. The first-order chi connectivity index (χ1) is 8.15. The monoisotopic (exact) mass is 310 g/mol. The van der Waals surface area contributed by atoms with Gasteiger partial charge in [0.05, 0.1) is 0 Å². The van der Waals surface area contributed by atoms with E-state index in [1.165, 1.54) is 5.56 Å². The zero-order valence-electron chi connectivity index (χ0n) is 9.31. The summed E-state index contributed by atoms with van der Waals surface area (Å²) in [5, 5.41) is 0.701. The molecule has 0 amide bonds. The van der Waals surface area contributed by atoms with Crippen LogP contribution in [0.2, 0.25) is 5.02 Å². The van der Waals surface area contributed by atoms with Gasteiger partial charge < -0.3 is 0 Å². The van der Waals surface area contributed by atoms with Crippen molar-refractivity contribution in [2.45, 2.75) is 6.92 Å². The van der Waals surface area contributed by atoms with E-state index >= 15 is 0 Å². The van der Waals surface area contributed by atoms with Crippen LogP contribution in [0.3, 0.4) is 0 Å². The van der Waals surface area contributed by atoms with Crippen LogP contribution in [0.1, 0.15) is 15.9 Å². The second-order valence-corrected chi connectivity index (χ2v) is 6.34. The number of carbonyl (C=O) groups is 1. The minimum atomic E-state index is -0.181. The number of hydrogen-bond acceptors (Lipinski definition) is 1. The van der Waals surface area contributed by atoms with Gasteiger partial charge in [0.15, 0.2) is 0 Å². The van der Waals surface area contributed by atoms with Gasteiger partial charge in [-0.2, -0.15) is 0 Å². The van der Waals surface area contributed by atoms with Gasteiger partial charge in [0, 0.05) is 0 Å². The summed E-state index contributed by atoms with van der Waals surface area (Å²) in [4.78, 5) is 12.0. The average Bonchev–Trinajstić information content (AvgIpc) is 2.33. The van der Waals surface area contributed by atoms with E-state index in [1.54, 1.807) is 0 Å². The van der Waals surface area contributed by atoms with Crippen LogP contribution in [0.5, 0.6) is 0 Å². The molecule has 0 aliphatic heterocycles. The van der Waals surface area contributed by atoms with Gasteiger partial charge in [-0.3, -0.25) is 0 Å². The van der Waals surface area contributed by atoms with E-state index in [0.29, 0.717) is 5.02 Å². The summed E-state index contributed by atoms with van der Waals surface area (Å²) in [6, 6.07) is 15.2. The SMILES string of the molecule is Cc1ccc(C(=O)[Se]c2ccc(Cl)cc2)cc1. The van der Waals surface area contributed by atoms with Crippen LogP contribution in [0, 0.1) is 6.92 Å². The summed E-state index contributed by atoms with van der Waals surface area (Å²) in [7, 11) is 0. The van der Waals surface area contributed by atoms with Crippen molar-refractivity contribution in [2.75, 3.05) is 0 Å². The first-order valence-corrected chi connectivity index (χ1v) is 7.29. The van der Waals surface area contributed by atoms with Gasteiger partial charge in [-0.1, -0.05) is 0 Å². The molecule has 17 heavy (non-hydrogen) atoms. The Hall–Kier alpha value is -1.08. The van der Waals surface area contributed by atoms with Crippen LogP contribution in [0.25, 0.3) is 0 Å². The molecule has 0 N–H and O–H groups in total. The Morgan fingerprint density at radius 2 is 1.59 bits per heavy atom. The fraction of sp³-hybridized carbons (Fsp3) is 0.0714.